The van der Waals surface area contributed by atoms with Crippen molar-refractivity contribution >= 4 is 11.9 Å². The average molecular weight is 919 g/mol. The highest BCUT2D eigenvalue weighted by molar-refractivity contribution is 5.88. The fourth-order valence-electron chi connectivity index (χ4n) is 7.90. The van der Waals surface area contributed by atoms with E-state index in [0.29, 0.717) is 24.0 Å². The van der Waals surface area contributed by atoms with Crippen LogP contribution in [0.1, 0.15) is 148 Å². The fraction of sp³-hybridized carbons (Fsp3) is 0.406. The van der Waals surface area contributed by atoms with E-state index in [0.717, 1.165) is 22.3 Å². The third kappa shape index (κ3) is 24.3. The Morgan fingerprint density at radius 1 is 0.426 bits per heavy atom. The third-order valence-electron chi connectivity index (χ3n) is 12.3. The molecule has 0 spiro atoms. The fourth-order valence-corrected chi connectivity index (χ4v) is 7.90. The van der Waals surface area contributed by atoms with E-state index in [4.69, 9.17) is 9.47 Å². The SMILES string of the molecule is CC(C=CC=C(C)C=CC1=C(C)CCCC1(C)C)=CC=CC=C(C)C=CC=C(C)C(=O)OCCCCOC(=O)\C(C)=C/C=C/C(C)=C/C=C/C=C(C)/C=C/C=C(C)/C=C/C1=C(C)CCCC1(C)C. The predicted octanol–water partition coefficient (Wildman–Crippen LogP) is 17.9. The summed E-state index contributed by atoms with van der Waals surface area (Å²) in [4.78, 5) is 24.9. The van der Waals surface area contributed by atoms with E-state index in [2.05, 4.69) is 142 Å². The molecule has 2 aliphatic rings. The van der Waals surface area contributed by atoms with Crippen LogP contribution in [0, 0.1) is 10.8 Å². The molecule has 2 rings (SSSR count). The summed E-state index contributed by atoms with van der Waals surface area (Å²) in [5.41, 5.74) is 14.4. The van der Waals surface area contributed by atoms with Crippen LogP contribution in [0.4, 0.5) is 0 Å². The van der Waals surface area contributed by atoms with Crippen LogP contribution in [0.5, 0.6) is 0 Å². The van der Waals surface area contributed by atoms with Crippen molar-refractivity contribution in [1.82, 2.24) is 0 Å². The Morgan fingerprint density at radius 2 is 0.706 bits per heavy atom. The summed E-state index contributed by atoms with van der Waals surface area (Å²) >= 11 is 0. The molecule has 2 aliphatic carbocycles. The molecular weight excluding hydrogens is 833 g/mol. The minimum absolute atomic E-state index is 0.253. The van der Waals surface area contributed by atoms with E-state index in [1.165, 1.54) is 72.0 Å². The van der Waals surface area contributed by atoms with Gasteiger partial charge in [0.05, 0.1) is 13.2 Å². The number of esters is 2. The number of unbranched alkanes of at least 4 members (excludes halogenated alkanes) is 1. The molecule has 0 atom stereocenters. The first-order chi connectivity index (χ1) is 32.2. The van der Waals surface area contributed by atoms with Gasteiger partial charge in [0, 0.05) is 11.1 Å². The first-order valence-corrected chi connectivity index (χ1v) is 24.8. The number of ether oxygens (including phenoxy) is 2. The molecule has 0 saturated carbocycles. The van der Waals surface area contributed by atoms with Crippen LogP contribution in [0.25, 0.3) is 0 Å². The van der Waals surface area contributed by atoms with Crippen LogP contribution >= 0.6 is 0 Å². The molecule has 0 heterocycles. The molecule has 0 unspecified atom stereocenters. The summed E-state index contributed by atoms with van der Waals surface area (Å²) in [6.45, 7) is 30.5. The molecule has 4 heteroatoms. The van der Waals surface area contributed by atoms with Crippen molar-refractivity contribution in [2.24, 2.45) is 10.8 Å². The highest BCUT2D eigenvalue weighted by atomic mass is 16.5. The Hall–Kier alpha value is -5.74. The lowest BCUT2D eigenvalue weighted by atomic mass is 9.72. The first kappa shape index (κ1) is 58.4. The molecule has 366 valence electrons. The summed E-state index contributed by atoms with van der Waals surface area (Å²) in [6, 6.07) is 0. The molecule has 0 bridgehead atoms. The molecule has 0 aromatic carbocycles. The first-order valence-electron chi connectivity index (χ1n) is 24.8. The van der Waals surface area contributed by atoms with Gasteiger partial charge in [0.2, 0.25) is 0 Å². The maximum absolute atomic E-state index is 12.5. The number of carbonyl (C=O) groups excluding carboxylic acids is 2. The molecule has 68 heavy (non-hydrogen) atoms. The summed E-state index contributed by atoms with van der Waals surface area (Å²) in [7, 11) is 0. The molecule has 0 amide bonds. The second-order valence-electron chi connectivity index (χ2n) is 19.9. The van der Waals surface area contributed by atoms with Crippen LogP contribution in [-0.4, -0.2) is 25.2 Å². The quantitative estimate of drug-likeness (QED) is 0.0443. The molecule has 0 aromatic heterocycles. The Kier molecular flexibility index (Phi) is 26.9. The van der Waals surface area contributed by atoms with Crippen molar-refractivity contribution in [3.8, 4) is 0 Å². The van der Waals surface area contributed by atoms with Crippen molar-refractivity contribution in [1.29, 1.82) is 0 Å². The summed E-state index contributed by atoms with van der Waals surface area (Å²) in [5, 5.41) is 0. The lowest BCUT2D eigenvalue weighted by Crippen LogP contribution is -2.19. The van der Waals surface area contributed by atoms with Crippen molar-refractivity contribution in [2.45, 2.75) is 148 Å². The normalized spacial score (nSPS) is 19.1. The van der Waals surface area contributed by atoms with Gasteiger partial charge in [-0.25, -0.2) is 9.59 Å². The number of carbonyl (C=O) groups is 2. The van der Waals surface area contributed by atoms with Gasteiger partial charge in [0.25, 0.3) is 0 Å². The van der Waals surface area contributed by atoms with E-state index in [9.17, 15) is 9.59 Å². The summed E-state index contributed by atoms with van der Waals surface area (Å²) < 4.78 is 10.8. The monoisotopic (exact) mass is 919 g/mol. The molecule has 0 aliphatic heterocycles. The lowest BCUT2D eigenvalue weighted by Gasteiger charge is -2.33. The molecule has 0 aromatic rings. The molecule has 0 saturated heterocycles. The Balaban J connectivity index is 1.68. The second kappa shape index (κ2) is 31.3. The van der Waals surface area contributed by atoms with Gasteiger partial charge < -0.3 is 9.47 Å². The Labute approximate surface area is 414 Å². The van der Waals surface area contributed by atoms with Gasteiger partial charge in [-0.1, -0.05) is 218 Å². The molecule has 4 nitrogen and oxygen atoms in total. The molecule has 0 fully saturated rings. The summed E-state index contributed by atoms with van der Waals surface area (Å²) in [5.74, 6) is -0.718. The van der Waals surface area contributed by atoms with Crippen LogP contribution < -0.4 is 0 Å². The van der Waals surface area contributed by atoms with E-state index in [-0.39, 0.29) is 36.0 Å². The molecular formula is C64H86O4. The van der Waals surface area contributed by atoms with Crippen molar-refractivity contribution in [3.63, 3.8) is 0 Å². The van der Waals surface area contributed by atoms with Crippen molar-refractivity contribution in [3.05, 3.63) is 213 Å². The Morgan fingerprint density at radius 3 is 1.01 bits per heavy atom. The van der Waals surface area contributed by atoms with Gasteiger partial charge in [-0.2, -0.15) is 0 Å². The van der Waals surface area contributed by atoms with Crippen molar-refractivity contribution < 1.29 is 19.1 Å². The molecule has 0 radical (unpaired) electrons. The number of allylic oxidation sites excluding steroid dienone is 34. The third-order valence-corrected chi connectivity index (χ3v) is 12.3. The number of hydrogen-bond donors (Lipinski definition) is 0. The number of hydrogen-bond acceptors (Lipinski definition) is 4. The zero-order valence-electron chi connectivity index (χ0n) is 44.6. The number of rotatable bonds is 23. The van der Waals surface area contributed by atoms with Gasteiger partial charge in [-0.15, -0.1) is 0 Å². The maximum atomic E-state index is 12.5. The van der Waals surface area contributed by atoms with E-state index >= 15 is 0 Å². The van der Waals surface area contributed by atoms with Gasteiger partial charge >= 0.3 is 11.9 Å². The van der Waals surface area contributed by atoms with Crippen LogP contribution in [0.15, 0.2) is 213 Å². The van der Waals surface area contributed by atoms with Gasteiger partial charge in [0.1, 0.15) is 0 Å². The van der Waals surface area contributed by atoms with E-state index in [1.807, 2.05) is 74.6 Å². The zero-order chi connectivity index (χ0) is 50.5. The van der Waals surface area contributed by atoms with Crippen LogP contribution in [-0.2, 0) is 19.1 Å². The highest BCUT2D eigenvalue weighted by Gasteiger charge is 2.27. The smallest absolute Gasteiger partial charge is 0.333 e. The topological polar surface area (TPSA) is 52.6 Å². The lowest BCUT2D eigenvalue weighted by molar-refractivity contribution is -0.141. The van der Waals surface area contributed by atoms with Gasteiger partial charge in [-0.05, 0) is 143 Å². The minimum atomic E-state index is -0.359. The average Bonchev–Trinajstić information content (AvgIpc) is 3.26. The largest absolute Gasteiger partial charge is 0.462 e. The second-order valence-corrected chi connectivity index (χ2v) is 19.9. The summed E-state index contributed by atoms with van der Waals surface area (Å²) in [6.07, 6.45) is 57.9. The van der Waals surface area contributed by atoms with Crippen LogP contribution in [0.3, 0.4) is 0 Å². The van der Waals surface area contributed by atoms with Gasteiger partial charge in [-0.3, -0.25) is 0 Å². The zero-order valence-corrected chi connectivity index (χ0v) is 44.6. The minimum Gasteiger partial charge on any atom is -0.462 e. The van der Waals surface area contributed by atoms with Crippen molar-refractivity contribution in [2.75, 3.05) is 13.2 Å². The maximum Gasteiger partial charge on any atom is 0.333 e. The van der Waals surface area contributed by atoms with Gasteiger partial charge in [0.15, 0.2) is 0 Å². The Bertz CT molecular complexity index is 2130. The highest BCUT2D eigenvalue weighted by Crippen LogP contribution is 2.42. The van der Waals surface area contributed by atoms with E-state index < -0.39 is 0 Å². The van der Waals surface area contributed by atoms with Crippen LogP contribution in [0.2, 0.25) is 0 Å². The van der Waals surface area contributed by atoms with E-state index in [1.54, 1.807) is 26.0 Å². The molecule has 0 N–H and O–H groups in total. The predicted molar refractivity (Wildman–Crippen MR) is 295 cm³/mol. The standard InChI is InChI=1S/C64H86O4/c1-49(31-21-33-53(5)41-43-59-55(7)39-25-45-63(59,11)12)27-15-17-29-51(3)35-23-37-57(9)61(65)67-47-19-20-48-68-62(66)58(10)38-24-36-52(4)30-18-16-28-50(2)32-22-34-54(6)42-44-60-56(8)40-26-46-64(60,13)14/h15-18,21-24,27-38,41-44H,19-20,25-26,39-40,45-48H2,1-14H3/b17-15+,18-16?,31-21+,32-22?,35-23+,36-24?,43-41+,44-42?,49-27+,50-28?,51-29+,52-30?,53-33+,54-34?,57-37-,58-38?.